The third-order valence-electron chi connectivity index (χ3n) is 1.87. The number of hydrogen-bond acceptors (Lipinski definition) is 4. The lowest BCUT2D eigenvalue weighted by Gasteiger charge is -1.95. The molecule has 2 rings (SSSR count). The van der Waals surface area contributed by atoms with E-state index in [0.29, 0.717) is 5.56 Å². The van der Waals surface area contributed by atoms with E-state index >= 15 is 0 Å². The van der Waals surface area contributed by atoms with E-state index in [4.69, 9.17) is 5.11 Å². The van der Waals surface area contributed by atoms with E-state index in [-0.39, 0.29) is 24.8 Å². The fraction of sp³-hybridized carbons (Fsp3) is 0.222. The van der Waals surface area contributed by atoms with Crippen LogP contribution >= 0.6 is 0 Å². The van der Waals surface area contributed by atoms with Gasteiger partial charge in [-0.25, -0.2) is 4.39 Å². The summed E-state index contributed by atoms with van der Waals surface area (Å²) >= 11 is 0. The van der Waals surface area contributed by atoms with Gasteiger partial charge in [0.25, 0.3) is 0 Å². The second-order valence-electron chi connectivity index (χ2n) is 2.91. The van der Waals surface area contributed by atoms with Crippen molar-refractivity contribution in [1.82, 2.24) is 20.2 Å². The summed E-state index contributed by atoms with van der Waals surface area (Å²) in [5.74, 6) is -0.164. The summed E-state index contributed by atoms with van der Waals surface area (Å²) in [5.41, 5.74) is 0.307. The minimum absolute atomic E-state index is 0.0763. The van der Waals surface area contributed by atoms with Crippen molar-refractivity contribution < 1.29 is 9.50 Å². The summed E-state index contributed by atoms with van der Waals surface area (Å²) in [4.78, 5) is 1.22. The van der Waals surface area contributed by atoms with Crippen molar-refractivity contribution in [3.05, 3.63) is 30.1 Å². The van der Waals surface area contributed by atoms with Gasteiger partial charge in [-0.1, -0.05) is 12.1 Å². The number of nitrogens with zero attached hydrogens (tertiary/aromatic N) is 4. The largest absolute Gasteiger partial charge is 0.394 e. The zero-order valence-corrected chi connectivity index (χ0v) is 7.84. The van der Waals surface area contributed by atoms with Crippen molar-refractivity contribution in [3.8, 4) is 11.4 Å². The van der Waals surface area contributed by atoms with Crippen LogP contribution in [0.5, 0.6) is 0 Å². The number of rotatable bonds is 3. The molecular formula is C9H9FN4O. The van der Waals surface area contributed by atoms with Gasteiger partial charge in [0.15, 0.2) is 0 Å². The van der Waals surface area contributed by atoms with Crippen molar-refractivity contribution in [3.63, 3.8) is 0 Å². The van der Waals surface area contributed by atoms with Crippen LogP contribution in [0, 0.1) is 5.82 Å². The minimum atomic E-state index is -0.388. The molecular weight excluding hydrogens is 199 g/mol. The predicted molar refractivity (Wildman–Crippen MR) is 50.3 cm³/mol. The molecule has 0 saturated carbocycles. The zero-order chi connectivity index (χ0) is 10.7. The highest BCUT2D eigenvalue weighted by atomic mass is 19.1. The number of benzene rings is 1. The fourth-order valence-corrected chi connectivity index (χ4v) is 1.18. The molecule has 15 heavy (non-hydrogen) atoms. The third kappa shape index (κ3) is 1.99. The first-order valence-electron chi connectivity index (χ1n) is 4.45. The van der Waals surface area contributed by atoms with Crippen LogP contribution in [0.15, 0.2) is 24.3 Å². The maximum Gasteiger partial charge on any atom is 0.207 e. The van der Waals surface area contributed by atoms with Crippen LogP contribution in [0.2, 0.25) is 0 Å². The first-order chi connectivity index (χ1) is 7.31. The molecule has 0 aliphatic heterocycles. The van der Waals surface area contributed by atoms with Crippen LogP contribution in [-0.4, -0.2) is 31.9 Å². The Morgan fingerprint density at radius 2 is 2.13 bits per heavy atom. The minimum Gasteiger partial charge on any atom is -0.394 e. The summed E-state index contributed by atoms with van der Waals surface area (Å²) in [5, 5.41) is 19.9. The average Bonchev–Trinajstić information content (AvgIpc) is 2.68. The number of hydrogen-bond donors (Lipinski definition) is 1. The Kier molecular flexibility index (Phi) is 2.68. The van der Waals surface area contributed by atoms with E-state index in [1.54, 1.807) is 18.2 Å². The molecule has 0 spiro atoms. The molecule has 0 amide bonds. The van der Waals surface area contributed by atoms with E-state index in [1.807, 2.05) is 0 Å². The van der Waals surface area contributed by atoms with Crippen LogP contribution in [-0.2, 0) is 6.54 Å². The molecule has 2 aromatic rings. The molecule has 1 N–H and O–H groups in total. The second-order valence-corrected chi connectivity index (χ2v) is 2.91. The fourth-order valence-electron chi connectivity index (χ4n) is 1.18. The summed E-state index contributed by atoms with van der Waals surface area (Å²) in [6.45, 7) is 0.175. The van der Waals surface area contributed by atoms with Gasteiger partial charge in [-0.2, -0.15) is 4.80 Å². The monoisotopic (exact) mass is 208 g/mol. The van der Waals surface area contributed by atoms with E-state index in [1.165, 1.54) is 10.9 Å². The van der Waals surface area contributed by atoms with Crippen molar-refractivity contribution in [1.29, 1.82) is 0 Å². The summed E-state index contributed by atoms with van der Waals surface area (Å²) < 4.78 is 13.3. The Bertz CT molecular complexity index is 457. The van der Waals surface area contributed by atoms with E-state index in [2.05, 4.69) is 15.4 Å². The molecule has 0 atom stereocenters. The molecule has 1 heterocycles. The highest BCUT2D eigenvalue weighted by molar-refractivity contribution is 5.54. The third-order valence-corrected chi connectivity index (χ3v) is 1.87. The molecule has 1 aromatic heterocycles. The van der Waals surface area contributed by atoms with E-state index in [0.717, 1.165) is 0 Å². The van der Waals surface area contributed by atoms with Gasteiger partial charge in [0.05, 0.1) is 18.7 Å². The highest BCUT2D eigenvalue weighted by Gasteiger charge is 2.09. The maximum absolute atomic E-state index is 13.3. The summed E-state index contributed by atoms with van der Waals surface area (Å²) in [6, 6.07) is 6.21. The van der Waals surface area contributed by atoms with Gasteiger partial charge >= 0.3 is 0 Å². The molecule has 6 heteroatoms. The van der Waals surface area contributed by atoms with Crippen molar-refractivity contribution in [2.24, 2.45) is 0 Å². The molecule has 0 aliphatic rings. The number of aliphatic hydroxyl groups is 1. The Labute approximate surface area is 85.2 Å². The molecule has 0 radical (unpaired) electrons. The lowest BCUT2D eigenvalue weighted by Crippen LogP contribution is -2.05. The van der Waals surface area contributed by atoms with Crippen molar-refractivity contribution in [2.45, 2.75) is 6.54 Å². The molecule has 78 valence electrons. The smallest absolute Gasteiger partial charge is 0.207 e. The topological polar surface area (TPSA) is 63.8 Å². The second kappa shape index (κ2) is 4.14. The van der Waals surface area contributed by atoms with Gasteiger partial charge in [0.1, 0.15) is 5.82 Å². The number of halogens is 1. The molecule has 0 aliphatic carbocycles. The average molecular weight is 208 g/mol. The summed E-state index contributed by atoms with van der Waals surface area (Å²) in [7, 11) is 0. The van der Waals surface area contributed by atoms with Crippen molar-refractivity contribution >= 4 is 0 Å². The normalized spacial score (nSPS) is 10.5. The van der Waals surface area contributed by atoms with Crippen LogP contribution in [0.25, 0.3) is 11.4 Å². The van der Waals surface area contributed by atoms with Crippen LogP contribution in [0.1, 0.15) is 0 Å². The first kappa shape index (κ1) is 9.72. The standard InChI is InChI=1S/C9H9FN4O/c10-8-4-2-1-3-7(8)9-11-13-14(12-9)5-6-15/h1-4,15H,5-6H2. The number of aromatic nitrogens is 4. The SMILES string of the molecule is OCCn1nnc(-c2ccccc2F)n1. The van der Waals surface area contributed by atoms with Gasteiger partial charge in [-0.05, 0) is 17.3 Å². The van der Waals surface area contributed by atoms with Gasteiger partial charge in [-0.15, -0.1) is 10.2 Å². The van der Waals surface area contributed by atoms with Crippen LogP contribution in [0.3, 0.4) is 0 Å². The van der Waals surface area contributed by atoms with Gasteiger partial charge in [-0.3, -0.25) is 0 Å². The Morgan fingerprint density at radius 3 is 2.87 bits per heavy atom. The Morgan fingerprint density at radius 1 is 1.33 bits per heavy atom. The zero-order valence-electron chi connectivity index (χ0n) is 7.84. The molecule has 5 nitrogen and oxygen atoms in total. The lowest BCUT2D eigenvalue weighted by atomic mass is 10.2. The quantitative estimate of drug-likeness (QED) is 0.796. The predicted octanol–water partition coefficient (Wildman–Crippen LogP) is 0.471. The van der Waals surface area contributed by atoms with E-state index < -0.39 is 0 Å². The molecule has 1 aromatic carbocycles. The molecule has 0 unspecified atom stereocenters. The highest BCUT2D eigenvalue weighted by Crippen LogP contribution is 2.16. The Balaban J connectivity index is 2.33. The first-order valence-corrected chi connectivity index (χ1v) is 4.45. The Hall–Kier alpha value is -1.82. The van der Waals surface area contributed by atoms with Gasteiger partial charge in [0.2, 0.25) is 5.82 Å². The van der Waals surface area contributed by atoms with Gasteiger partial charge < -0.3 is 5.11 Å². The number of aliphatic hydroxyl groups excluding tert-OH is 1. The number of tetrazole rings is 1. The van der Waals surface area contributed by atoms with E-state index in [9.17, 15) is 4.39 Å². The van der Waals surface area contributed by atoms with Crippen molar-refractivity contribution in [2.75, 3.05) is 6.61 Å². The molecule has 0 bridgehead atoms. The lowest BCUT2D eigenvalue weighted by molar-refractivity contribution is 0.259. The van der Waals surface area contributed by atoms with Crippen LogP contribution < -0.4 is 0 Å². The van der Waals surface area contributed by atoms with Gasteiger partial charge in [0, 0.05) is 0 Å². The maximum atomic E-state index is 13.3. The molecule has 0 saturated heterocycles. The van der Waals surface area contributed by atoms with Crippen LogP contribution in [0.4, 0.5) is 4.39 Å². The molecule has 0 fully saturated rings. The summed E-state index contributed by atoms with van der Waals surface area (Å²) in [6.07, 6.45) is 0.